The molecule has 17 heavy (non-hydrogen) atoms. The number of rotatable bonds is 2. The van der Waals surface area contributed by atoms with Crippen LogP contribution in [-0.2, 0) is 13.0 Å². The Labute approximate surface area is 108 Å². The fraction of sp³-hybridized carbons (Fsp3) is 0.714. The highest BCUT2D eigenvalue weighted by Gasteiger charge is 2.23. The van der Waals surface area contributed by atoms with Crippen LogP contribution in [0.3, 0.4) is 0 Å². The highest BCUT2D eigenvalue weighted by Crippen LogP contribution is 2.28. The third kappa shape index (κ3) is 2.72. The summed E-state index contributed by atoms with van der Waals surface area (Å²) in [6.45, 7) is 3.74. The third-order valence-electron chi connectivity index (χ3n) is 4.29. The van der Waals surface area contributed by atoms with Crippen molar-refractivity contribution in [3.63, 3.8) is 0 Å². The Morgan fingerprint density at radius 3 is 2.94 bits per heavy atom. The van der Waals surface area contributed by atoms with Crippen molar-refractivity contribution in [1.29, 1.82) is 0 Å². The van der Waals surface area contributed by atoms with E-state index in [4.69, 9.17) is 5.73 Å². The molecule has 3 heteroatoms. The second-order valence-electron chi connectivity index (χ2n) is 5.63. The molecule has 1 fully saturated rings. The number of hydrogen-bond acceptors (Lipinski definition) is 3. The molecule has 1 aliphatic carbocycles. The second kappa shape index (κ2) is 5.09. The van der Waals surface area contributed by atoms with Crippen LogP contribution in [0.1, 0.15) is 36.1 Å². The summed E-state index contributed by atoms with van der Waals surface area (Å²) >= 11 is 1.93. The first-order chi connectivity index (χ1) is 8.31. The predicted octanol–water partition coefficient (Wildman–Crippen LogP) is 2.62. The van der Waals surface area contributed by atoms with Crippen LogP contribution in [0.4, 0.5) is 0 Å². The molecule has 1 aliphatic heterocycles. The topological polar surface area (TPSA) is 29.3 Å². The van der Waals surface area contributed by atoms with Crippen LogP contribution in [0.15, 0.2) is 11.4 Å². The van der Waals surface area contributed by atoms with Crippen LogP contribution in [0.2, 0.25) is 0 Å². The fourth-order valence-electron chi connectivity index (χ4n) is 3.20. The Balaban J connectivity index is 1.54. The molecule has 0 bridgehead atoms. The van der Waals surface area contributed by atoms with E-state index in [1.54, 1.807) is 10.4 Å². The van der Waals surface area contributed by atoms with Gasteiger partial charge in [-0.25, -0.2) is 0 Å². The Morgan fingerprint density at radius 1 is 1.29 bits per heavy atom. The second-order valence-corrected chi connectivity index (χ2v) is 6.64. The van der Waals surface area contributed by atoms with Gasteiger partial charge in [0.25, 0.3) is 0 Å². The molecule has 2 heterocycles. The van der Waals surface area contributed by atoms with Gasteiger partial charge in [0.05, 0.1) is 0 Å². The minimum absolute atomic E-state index is 0.482. The summed E-state index contributed by atoms with van der Waals surface area (Å²) in [5.74, 6) is 0.898. The maximum atomic E-state index is 5.97. The highest BCUT2D eigenvalue weighted by molar-refractivity contribution is 7.10. The van der Waals surface area contributed by atoms with E-state index in [0.717, 1.165) is 5.92 Å². The van der Waals surface area contributed by atoms with Crippen molar-refractivity contribution in [1.82, 2.24) is 4.90 Å². The molecule has 3 rings (SSSR count). The van der Waals surface area contributed by atoms with Gasteiger partial charge in [0.2, 0.25) is 0 Å². The van der Waals surface area contributed by atoms with Gasteiger partial charge in [-0.05, 0) is 55.0 Å². The first-order valence-electron chi connectivity index (χ1n) is 6.84. The van der Waals surface area contributed by atoms with Gasteiger partial charge < -0.3 is 5.73 Å². The van der Waals surface area contributed by atoms with E-state index in [1.807, 2.05) is 11.3 Å². The molecular formula is C14H22N2S. The average molecular weight is 250 g/mol. The molecule has 0 unspecified atom stereocenters. The molecule has 94 valence electrons. The molecule has 2 nitrogen and oxygen atoms in total. The lowest BCUT2D eigenvalue weighted by molar-refractivity contribution is 0.182. The van der Waals surface area contributed by atoms with Crippen LogP contribution in [0.25, 0.3) is 0 Å². The SMILES string of the molecule is NC1CCC(CN2CCc3sccc3C2)CC1. The van der Waals surface area contributed by atoms with Crippen molar-refractivity contribution < 1.29 is 0 Å². The molecule has 1 aromatic heterocycles. The molecule has 0 aromatic carbocycles. The molecule has 1 saturated carbocycles. The van der Waals surface area contributed by atoms with Crippen molar-refractivity contribution in [3.8, 4) is 0 Å². The minimum atomic E-state index is 0.482. The highest BCUT2D eigenvalue weighted by atomic mass is 32.1. The summed E-state index contributed by atoms with van der Waals surface area (Å²) in [4.78, 5) is 4.27. The number of fused-ring (bicyclic) bond motifs is 1. The molecule has 0 amide bonds. The van der Waals surface area contributed by atoms with Crippen molar-refractivity contribution >= 4 is 11.3 Å². The molecule has 1 aromatic rings. The van der Waals surface area contributed by atoms with Gasteiger partial charge in [-0.15, -0.1) is 11.3 Å². The zero-order valence-electron chi connectivity index (χ0n) is 10.4. The fourth-order valence-corrected chi connectivity index (χ4v) is 4.09. The van der Waals surface area contributed by atoms with Crippen LogP contribution in [0, 0.1) is 5.92 Å². The van der Waals surface area contributed by atoms with Gasteiger partial charge in [-0.2, -0.15) is 0 Å². The summed E-state index contributed by atoms with van der Waals surface area (Å²) in [6, 6.07) is 2.79. The standard InChI is InChI=1S/C14H22N2S/c15-13-3-1-11(2-4-13)9-16-7-5-14-12(10-16)6-8-17-14/h6,8,11,13H,1-5,7,9-10,15H2. The molecule has 0 atom stereocenters. The van der Waals surface area contributed by atoms with Crippen molar-refractivity contribution in [2.75, 3.05) is 13.1 Å². The van der Waals surface area contributed by atoms with Crippen molar-refractivity contribution in [2.24, 2.45) is 11.7 Å². The number of nitrogens with two attached hydrogens (primary N) is 1. The van der Waals surface area contributed by atoms with Gasteiger partial charge in [-0.1, -0.05) is 0 Å². The first-order valence-corrected chi connectivity index (χ1v) is 7.72. The number of thiophene rings is 1. The third-order valence-corrected chi connectivity index (χ3v) is 5.32. The largest absolute Gasteiger partial charge is 0.328 e. The lowest BCUT2D eigenvalue weighted by atomic mass is 9.86. The zero-order valence-corrected chi connectivity index (χ0v) is 11.2. The lowest BCUT2D eigenvalue weighted by Crippen LogP contribution is -2.36. The van der Waals surface area contributed by atoms with E-state index >= 15 is 0 Å². The van der Waals surface area contributed by atoms with Gasteiger partial charge in [-0.3, -0.25) is 4.90 Å². The summed E-state index contributed by atoms with van der Waals surface area (Å²) < 4.78 is 0. The maximum Gasteiger partial charge on any atom is 0.0245 e. The average Bonchev–Trinajstić information content (AvgIpc) is 2.79. The van der Waals surface area contributed by atoms with Gasteiger partial charge in [0.15, 0.2) is 0 Å². The molecule has 0 saturated heterocycles. The van der Waals surface area contributed by atoms with E-state index < -0.39 is 0 Å². The Morgan fingerprint density at radius 2 is 2.12 bits per heavy atom. The summed E-state index contributed by atoms with van der Waals surface area (Å²) in [5, 5.41) is 2.24. The Kier molecular flexibility index (Phi) is 3.50. The summed E-state index contributed by atoms with van der Waals surface area (Å²) in [5.41, 5.74) is 7.54. The van der Waals surface area contributed by atoms with Crippen LogP contribution >= 0.6 is 11.3 Å². The first kappa shape index (κ1) is 11.7. The van der Waals surface area contributed by atoms with E-state index in [-0.39, 0.29) is 0 Å². The summed E-state index contributed by atoms with van der Waals surface area (Å²) in [6.07, 6.45) is 6.42. The maximum absolute atomic E-state index is 5.97. The molecule has 2 aliphatic rings. The van der Waals surface area contributed by atoms with Crippen LogP contribution in [0.5, 0.6) is 0 Å². The monoisotopic (exact) mass is 250 g/mol. The number of nitrogens with zero attached hydrogens (tertiary/aromatic N) is 1. The quantitative estimate of drug-likeness (QED) is 0.874. The smallest absolute Gasteiger partial charge is 0.0245 e. The number of hydrogen-bond donors (Lipinski definition) is 1. The minimum Gasteiger partial charge on any atom is -0.328 e. The van der Waals surface area contributed by atoms with E-state index in [9.17, 15) is 0 Å². The molecule has 0 radical (unpaired) electrons. The van der Waals surface area contributed by atoms with E-state index in [2.05, 4.69) is 16.3 Å². The van der Waals surface area contributed by atoms with E-state index in [1.165, 1.54) is 51.7 Å². The van der Waals surface area contributed by atoms with Crippen LogP contribution in [-0.4, -0.2) is 24.0 Å². The Bertz CT molecular complexity index is 366. The Hall–Kier alpha value is -0.380. The predicted molar refractivity (Wildman–Crippen MR) is 73.2 cm³/mol. The van der Waals surface area contributed by atoms with Crippen molar-refractivity contribution in [2.45, 2.75) is 44.7 Å². The normalized spacial score (nSPS) is 30.2. The van der Waals surface area contributed by atoms with Crippen molar-refractivity contribution in [3.05, 3.63) is 21.9 Å². The van der Waals surface area contributed by atoms with Crippen LogP contribution < -0.4 is 5.73 Å². The van der Waals surface area contributed by atoms with Gasteiger partial charge >= 0.3 is 0 Å². The molecule has 0 spiro atoms. The molecule has 2 N–H and O–H groups in total. The van der Waals surface area contributed by atoms with Gasteiger partial charge in [0, 0.05) is 30.6 Å². The summed E-state index contributed by atoms with van der Waals surface area (Å²) in [7, 11) is 0. The molecular weight excluding hydrogens is 228 g/mol. The van der Waals surface area contributed by atoms with Gasteiger partial charge in [0.1, 0.15) is 0 Å². The lowest BCUT2D eigenvalue weighted by Gasteiger charge is -2.33. The van der Waals surface area contributed by atoms with E-state index in [0.29, 0.717) is 6.04 Å². The zero-order chi connectivity index (χ0) is 11.7.